The average molecular weight is 271 g/mol. The molecule has 0 atom stereocenters. The van der Waals surface area contributed by atoms with E-state index in [-0.39, 0.29) is 5.91 Å². The Bertz CT molecular complexity index is 546. The van der Waals surface area contributed by atoms with Gasteiger partial charge in [0.25, 0.3) is 5.91 Å². The molecule has 5 heteroatoms. The van der Waals surface area contributed by atoms with Crippen LogP contribution in [0.3, 0.4) is 0 Å². The summed E-state index contributed by atoms with van der Waals surface area (Å²) in [5.41, 5.74) is 1.31. The van der Waals surface area contributed by atoms with E-state index in [9.17, 15) is 4.79 Å². The average Bonchev–Trinajstić information content (AvgIpc) is 3.03. The van der Waals surface area contributed by atoms with Crippen molar-refractivity contribution in [3.8, 4) is 0 Å². The Hall–Kier alpha value is -2.14. The van der Waals surface area contributed by atoms with E-state index in [1.165, 1.54) is 18.2 Å². The maximum atomic E-state index is 12.1. The van der Waals surface area contributed by atoms with Crippen molar-refractivity contribution in [1.82, 2.24) is 14.8 Å². The predicted octanol–water partition coefficient (Wildman–Crippen LogP) is 1.63. The van der Waals surface area contributed by atoms with Crippen LogP contribution in [0.1, 0.15) is 16.1 Å². The Labute approximate surface area is 117 Å². The molecular formula is C15H17N3O2. The van der Waals surface area contributed by atoms with Crippen molar-refractivity contribution in [2.75, 3.05) is 26.2 Å². The van der Waals surface area contributed by atoms with Gasteiger partial charge in [-0.1, -0.05) is 30.3 Å². The fraction of sp³-hybridized carbons (Fsp3) is 0.333. The van der Waals surface area contributed by atoms with Gasteiger partial charge >= 0.3 is 0 Å². The lowest BCUT2D eigenvalue weighted by Crippen LogP contribution is -2.48. The molecule has 1 fully saturated rings. The topological polar surface area (TPSA) is 49.6 Å². The zero-order valence-corrected chi connectivity index (χ0v) is 11.2. The largest absolute Gasteiger partial charge is 0.438 e. The van der Waals surface area contributed by atoms with Crippen LogP contribution < -0.4 is 0 Å². The first-order valence-electron chi connectivity index (χ1n) is 6.77. The number of aromatic nitrogens is 1. The van der Waals surface area contributed by atoms with Crippen LogP contribution in [-0.2, 0) is 6.54 Å². The van der Waals surface area contributed by atoms with Gasteiger partial charge in [0.1, 0.15) is 0 Å². The molecule has 3 rings (SSSR count). The molecule has 2 aromatic rings. The zero-order valence-electron chi connectivity index (χ0n) is 11.2. The highest BCUT2D eigenvalue weighted by Gasteiger charge is 2.23. The first-order chi connectivity index (χ1) is 9.83. The fourth-order valence-corrected chi connectivity index (χ4v) is 2.43. The summed E-state index contributed by atoms with van der Waals surface area (Å²) in [4.78, 5) is 20.1. The minimum atomic E-state index is -0.0677. The molecular weight excluding hydrogens is 254 g/mol. The lowest BCUT2D eigenvalue weighted by atomic mass is 10.2. The monoisotopic (exact) mass is 271 g/mol. The molecule has 20 heavy (non-hydrogen) atoms. The third-order valence-corrected chi connectivity index (χ3v) is 3.55. The van der Waals surface area contributed by atoms with E-state index in [1.807, 2.05) is 11.0 Å². The molecule has 1 saturated heterocycles. The van der Waals surface area contributed by atoms with Gasteiger partial charge in [-0.25, -0.2) is 4.98 Å². The van der Waals surface area contributed by atoms with Gasteiger partial charge in [-0.15, -0.1) is 0 Å². The standard InChI is InChI=1S/C15H17N3O2/c19-15(14-10-16-12-20-14)18-8-6-17(7-9-18)11-13-4-2-1-3-5-13/h1-5,10,12H,6-9,11H2. The summed E-state index contributed by atoms with van der Waals surface area (Å²) >= 11 is 0. The van der Waals surface area contributed by atoms with Gasteiger partial charge in [-0.05, 0) is 5.56 Å². The lowest BCUT2D eigenvalue weighted by molar-refractivity contribution is 0.0598. The maximum Gasteiger partial charge on any atom is 0.291 e. The van der Waals surface area contributed by atoms with Crippen LogP contribution in [0.4, 0.5) is 0 Å². The van der Waals surface area contributed by atoms with Gasteiger partial charge in [-0.3, -0.25) is 9.69 Å². The maximum absolute atomic E-state index is 12.1. The van der Waals surface area contributed by atoms with Gasteiger partial charge in [-0.2, -0.15) is 0 Å². The molecule has 5 nitrogen and oxygen atoms in total. The molecule has 1 aromatic heterocycles. The molecule has 104 valence electrons. The number of piperazine rings is 1. The first-order valence-corrected chi connectivity index (χ1v) is 6.77. The fourth-order valence-electron chi connectivity index (χ4n) is 2.43. The van der Waals surface area contributed by atoms with Gasteiger partial charge in [0.2, 0.25) is 5.76 Å². The Morgan fingerprint density at radius 1 is 1.15 bits per heavy atom. The number of carbonyl (C=O) groups is 1. The van der Waals surface area contributed by atoms with Crippen LogP contribution in [-0.4, -0.2) is 46.9 Å². The van der Waals surface area contributed by atoms with Crippen molar-refractivity contribution in [2.45, 2.75) is 6.54 Å². The zero-order chi connectivity index (χ0) is 13.8. The Morgan fingerprint density at radius 2 is 1.90 bits per heavy atom. The minimum Gasteiger partial charge on any atom is -0.438 e. The molecule has 1 amide bonds. The molecule has 0 aliphatic carbocycles. The van der Waals surface area contributed by atoms with E-state index < -0.39 is 0 Å². The smallest absolute Gasteiger partial charge is 0.291 e. The molecule has 0 radical (unpaired) electrons. The van der Waals surface area contributed by atoms with E-state index in [4.69, 9.17) is 4.42 Å². The molecule has 1 aliphatic rings. The number of carbonyl (C=O) groups excluding carboxylic acids is 1. The van der Waals surface area contributed by atoms with E-state index in [1.54, 1.807) is 0 Å². The molecule has 0 bridgehead atoms. The van der Waals surface area contributed by atoms with Crippen LogP contribution in [0.2, 0.25) is 0 Å². The molecule has 0 N–H and O–H groups in total. The molecule has 0 unspecified atom stereocenters. The SMILES string of the molecule is O=C(c1cnco1)N1CCN(Cc2ccccc2)CC1. The normalized spacial score (nSPS) is 16.3. The summed E-state index contributed by atoms with van der Waals surface area (Å²) in [6.45, 7) is 4.16. The van der Waals surface area contributed by atoms with Crippen molar-refractivity contribution < 1.29 is 9.21 Å². The molecule has 1 aliphatic heterocycles. The summed E-state index contributed by atoms with van der Waals surface area (Å²) in [6.07, 6.45) is 2.76. The second-order valence-electron chi connectivity index (χ2n) is 4.92. The second-order valence-corrected chi connectivity index (χ2v) is 4.92. The Kier molecular flexibility index (Phi) is 3.78. The highest BCUT2D eigenvalue weighted by atomic mass is 16.3. The van der Waals surface area contributed by atoms with E-state index >= 15 is 0 Å². The lowest BCUT2D eigenvalue weighted by Gasteiger charge is -2.34. The van der Waals surface area contributed by atoms with Crippen molar-refractivity contribution in [1.29, 1.82) is 0 Å². The van der Waals surface area contributed by atoms with Gasteiger partial charge < -0.3 is 9.32 Å². The number of hydrogen-bond acceptors (Lipinski definition) is 4. The highest BCUT2D eigenvalue weighted by molar-refractivity contribution is 5.91. The second kappa shape index (κ2) is 5.88. The summed E-state index contributed by atoms with van der Waals surface area (Å²) < 4.78 is 5.06. The molecule has 1 aromatic carbocycles. The quantitative estimate of drug-likeness (QED) is 0.851. The number of hydrogen-bond donors (Lipinski definition) is 0. The van der Waals surface area contributed by atoms with Gasteiger partial charge in [0.05, 0.1) is 6.20 Å². The third-order valence-electron chi connectivity index (χ3n) is 3.55. The summed E-state index contributed by atoms with van der Waals surface area (Å²) in [5, 5.41) is 0. The van der Waals surface area contributed by atoms with Crippen LogP contribution in [0, 0.1) is 0 Å². The number of nitrogens with zero attached hydrogens (tertiary/aromatic N) is 3. The van der Waals surface area contributed by atoms with E-state index in [2.05, 4.69) is 34.1 Å². The summed E-state index contributed by atoms with van der Waals surface area (Å²) in [7, 11) is 0. The summed E-state index contributed by atoms with van der Waals surface area (Å²) in [5.74, 6) is 0.253. The van der Waals surface area contributed by atoms with Gasteiger partial charge in [0.15, 0.2) is 6.39 Å². The number of rotatable bonds is 3. The van der Waals surface area contributed by atoms with E-state index in [0.29, 0.717) is 5.76 Å². The number of amides is 1. The predicted molar refractivity (Wildman–Crippen MR) is 74.1 cm³/mol. The molecule has 2 heterocycles. The highest BCUT2D eigenvalue weighted by Crippen LogP contribution is 2.11. The number of benzene rings is 1. The Balaban J connectivity index is 1.53. The molecule has 0 spiro atoms. The van der Waals surface area contributed by atoms with Crippen LogP contribution >= 0.6 is 0 Å². The van der Waals surface area contributed by atoms with Crippen molar-refractivity contribution in [3.63, 3.8) is 0 Å². The summed E-state index contributed by atoms with van der Waals surface area (Å²) in [6, 6.07) is 10.4. The van der Waals surface area contributed by atoms with Gasteiger partial charge in [0, 0.05) is 32.7 Å². The van der Waals surface area contributed by atoms with Crippen molar-refractivity contribution in [2.24, 2.45) is 0 Å². The first kappa shape index (κ1) is 12.9. The Morgan fingerprint density at radius 3 is 2.55 bits per heavy atom. The number of oxazole rings is 1. The van der Waals surface area contributed by atoms with Crippen molar-refractivity contribution in [3.05, 3.63) is 54.2 Å². The van der Waals surface area contributed by atoms with Crippen LogP contribution in [0.15, 0.2) is 47.3 Å². The van der Waals surface area contributed by atoms with Crippen molar-refractivity contribution >= 4 is 5.91 Å². The van der Waals surface area contributed by atoms with E-state index in [0.717, 1.165) is 32.7 Å². The minimum absolute atomic E-state index is 0.0677. The van der Waals surface area contributed by atoms with Crippen LogP contribution in [0.25, 0.3) is 0 Å². The molecule has 0 saturated carbocycles. The van der Waals surface area contributed by atoms with Crippen LogP contribution in [0.5, 0.6) is 0 Å². The third kappa shape index (κ3) is 2.88.